The third-order valence-corrected chi connectivity index (χ3v) is 6.50. The Hall–Kier alpha value is -2.53. The van der Waals surface area contributed by atoms with Crippen molar-refractivity contribution in [2.45, 2.75) is 31.7 Å². The van der Waals surface area contributed by atoms with E-state index in [1.807, 2.05) is 6.92 Å². The van der Waals surface area contributed by atoms with Crippen LogP contribution in [0.15, 0.2) is 41.3 Å². The Morgan fingerprint density at radius 1 is 1.17 bits per heavy atom. The van der Waals surface area contributed by atoms with Gasteiger partial charge in [0.25, 0.3) is 0 Å². The molecule has 154 valence electrons. The molecule has 0 aliphatic heterocycles. The van der Waals surface area contributed by atoms with Crippen LogP contribution >= 0.6 is 11.6 Å². The normalized spacial score (nSPS) is 11.3. The van der Waals surface area contributed by atoms with Gasteiger partial charge in [0.1, 0.15) is 5.75 Å². The molecule has 0 fully saturated rings. The highest BCUT2D eigenvalue weighted by atomic mass is 35.5. The van der Waals surface area contributed by atoms with Crippen LogP contribution in [-0.2, 0) is 14.8 Å². The molecule has 0 radical (unpaired) electrons. The summed E-state index contributed by atoms with van der Waals surface area (Å²) in [7, 11) is -2.11. The highest BCUT2D eigenvalue weighted by molar-refractivity contribution is 7.89. The second-order valence-corrected chi connectivity index (χ2v) is 9.10. The Labute approximate surface area is 176 Å². The molecule has 0 saturated heterocycles. The maximum Gasteiger partial charge on any atom is 0.341 e. The quantitative estimate of drug-likeness (QED) is 0.701. The predicted molar refractivity (Wildman–Crippen MR) is 112 cm³/mol. The summed E-state index contributed by atoms with van der Waals surface area (Å²) in [6.07, 6.45) is 0. The van der Waals surface area contributed by atoms with Gasteiger partial charge in [-0.05, 0) is 56.7 Å². The number of halogens is 1. The van der Waals surface area contributed by atoms with Gasteiger partial charge in [0.05, 0.1) is 10.5 Å². The second kappa shape index (κ2) is 9.31. The molecule has 8 heteroatoms. The second-order valence-electron chi connectivity index (χ2n) is 6.66. The van der Waals surface area contributed by atoms with Crippen molar-refractivity contribution in [3.8, 4) is 17.6 Å². The van der Waals surface area contributed by atoms with Crippen LogP contribution in [0, 0.1) is 18.8 Å². The molecule has 0 heterocycles. The van der Waals surface area contributed by atoms with Crippen molar-refractivity contribution < 1.29 is 23.1 Å². The van der Waals surface area contributed by atoms with Crippen molar-refractivity contribution in [3.05, 3.63) is 58.1 Å². The average Bonchev–Trinajstić information content (AvgIpc) is 2.65. The monoisotopic (exact) mass is 435 g/mol. The summed E-state index contributed by atoms with van der Waals surface area (Å²) < 4.78 is 32.0. The Morgan fingerprint density at radius 2 is 1.83 bits per heavy atom. The third-order valence-electron chi connectivity index (χ3n) is 4.24. The fraction of sp³-hybridized carbons (Fsp3) is 0.286. The Bertz CT molecular complexity index is 1080. The van der Waals surface area contributed by atoms with Crippen LogP contribution in [0.1, 0.15) is 30.5 Å². The van der Waals surface area contributed by atoms with E-state index < -0.39 is 22.6 Å². The van der Waals surface area contributed by atoms with Gasteiger partial charge < -0.3 is 9.84 Å². The molecule has 0 atom stereocenters. The fourth-order valence-corrected chi connectivity index (χ4v) is 3.91. The highest BCUT2D eigenvalue weighted by Gasteiger charge is 2.23. The van der Waals surface area contributed by atoms with Crippen LogP contribution in [0.4, 0.5) is 0 Å². The van der Waals surface area contributed by atoms with Crippen molar-refractivity contribution in [3.63, 3.8) is 0 Å². The van der Waals surface area contributed by atoms with Crippen LogP contribution in [0.5, 0.6) is 5.75 Å². The summed E-state index contributed by atoms with van der Waals surface area (Å²) in [6.45, 7) is 4.91. The number of hydrogen-bond acceptors (Lipinski definition) is 4. The summed E-state index contributed by atoms with van der Waals surface area (Å²) in [6, 6.07) is 9.27. The van der Waals surface area contributed by atoms with E-state index in [1.54, 1.807) is 44.2 Å². The highest BCUT2D eigenvalue weighted by Crippen LogP contribution is 2.23. The van der Waals surface area contributed by atoms with Crippen molar-refractivity contribution in [2.24, 2.45) is 0 Å². The Kier molecular flexibility index (Phi) is 7.31. The Balaban J connectivity index is 2.46. The molecule has 0 amide bonds. The van der Waals surface area contributed by atoms with Crippen LogP contribution in [0.25, 0.3) is 0 Å². The molecular formula is C21H22ClNO5S. The number of nitrogens with zero attached hydrogens (tertiary/aromatic N) is 1. The van der Waals surface area contributed by atoms with Crippen LogP contribution in [0.2, 0.25) is 5.02 Å². The van der Waals surface area contributed by atoms with Gasteiger partial charge in [0, 0.05) is 23.7 Å². The fourth-order valence-electron chi connectivity index (χ4n) is 2.34. The molecule has 0 aliphatic rings. The molecule has 1 N–H and O–H groups in total. The van der Waals surface area contributed by atoms with Crippen molar-refractivity contribution >= 4 is 27.6 Å². The van der Waals surface area contributed by atoms with E-state index in [0.717, 1.165) is 5.56 Å². The molecule has 0 saturated carbocycles. The van der Waals surface area contributed by atoms with Gasteiger partial charge in [-0.1, -0.05) is 29.5 Å². The minimum absolute atomic E-state index is 0.150. The lowest BCUT2D eigenvalue weighted by Gasteiger charge is -2.21. The smallest absolute Gasteiger partial charge is 0.341 e. The minimum atomic E-state index is -3.64. The topological polar surface area (TPSA) is 83.9 Å². The van der Waals surface area contributed by atoms with Gasteiger partial charge in [0.2, 0.25) is 10.0 Å². The molecular weight excluding hydrogens is 414 g/mol. The Morgan fingerprint density at radius 3 is 2.45 bits per heavy atom. The molecule has 2 aromatic rings. The third kappa shape index (κ3) is 5.73. The van der Waals surface area contributed by atoms with Gasteiger partial charge in [-0.15, -0.1) is 0 Å². The molecule has 0 spiro atoms. The largest absolute Gasteiger partial charge is 0.481 e. The first kappa shape index (κ1) is 22.8. The first-order chi connectivity index (χ1) is 13.5. The summed E-state index contributed by atoms with van der Waals surface area (Å²) in [4.78, 5) is 10.9. The number of carboxylic acid groups (broad SMARTS) is 1. The van der Waals surface area contributed by atoms with Gasteiger partial charge in [-0.2, -0.15) is 4.31 Å². The van der Waals surface area contributed by atoms with E-state index in [4.69, 9.17) is 21.4 Å². The number of hydrogen-bond donors (Lipinski definition) is 1. The van der Waals surface area contributed by atoms with Crippen molar-refractivity contribution in [1.29, 1.82) is 0 Å². The predicted octanol–water partition coefficient (Wildman–Crippen LogP) is 3.54. The lowest BCUT2D eigenvalue weighted by molar-refractivity contribution is -0.139. The summed E-state index contributed by atoms with van der Waals surface area (Å²) >= 11 is 6.02. The van der Waals surface area contributed by atoms with E-state index in [2.05, 4.69) is 11.8 Å². The average molecular weight is 436 g/mol. The number of sulfonamides is 1. The molecule has 2 aromatic carbocycles. The minimum Gasteiger partial charge on any atom is -0.481 e. The zero-order valence-electron chi connectivity index (χ0n) is 16.6. The van der Waals surface area contributed by atoms with E-state index in [0.29, 0.717) is 16.1 Å². The maximum atomic E-state index is 12.7. The van der Waals surface area contributed by atoms with Gasteiger partial charge in [0.15, 0.2) is 6.61 Å². The number of rotatable bonds is 6. The molecule has 6 nitrogen and oxygen atoms in total. The summed E-state index contributed by atoms with van der Waals surface area (Å²) in [5.74, 6) is 5.02. The SMILES string of the molecule is Cc1ccc(S(=O)(=O)N(C)C(C)C)cc1C#Cc1cc(Cl)ccc1OCC(=O)O. The molecule has 0 bridgehead atoms. The molecule has 0 aliphatic carbocycles. The summed E-state index contributed by atoms with van der Waals surface area (Å²) in [5.41, 5.74) is 1.75. The van der Waals surface area contributed by atoms with Crippen LogP contribution in [-0.4, -0.2) is 43.5 Å². The number of ether oxygens (including phenoxy) is 1. The first-order valence-corrected chi connectivity index (χ1v) is 10.6. The number of carboxylic acids is 1. The molecule has 0 aromatic heterocycles. The molecule has 0 unspecified atom stereocenters. The first-order valence-electron chi connectivity index (χ1n) is 8.77. The van der Waals surface area contributed by atoms with Crippen molar-refractivity contribution in [1.82, 2.24) is 4.31 Å². The van der Waals surface area contributed by atoms with E-state index >= 15 is 0 Å². The summed E-state index contributed by atoms with van der Waals surface area (Å²) in [5, 5.41) is 9.23. The zero-order valence-corrected chi connectivity index (χ0v) is 18.1. The number of aliphatic carboxylic acids is 1. The number of carbonyl (C=O) groups is 1. The standard InChI is InChI=1S/C21H22ClNO5S/c1-14(2)23(4)29(26,27)19-9-5-15(3)16(12-19)6-7-17-11-18(22)8-10-20(17)28-13-21(24)25/h5,8-12,14H,13H2,1-4H3,(H,24,25). The number of aryl methyl sites for hydroxylation is 1. The van der Waals surface area contributed by atoms with Crippen LogP contribution < -0.4 is 4.74 Å². The van der Waals surface area contributed by atoms with Gasteiger partial charge >= 0.3 is 5.97 Å². The van der Waals surface area contributed by atoms with Crippen LogP contribution in [0.3, 0.4) is 0 Å². The van der Waals surface area contributed by atoms with Gasteiger partial charge in [-0.3, -0.25) is 0 Å². The lowest BCUT2D eigenvalue weighted by Crippen LogP contribution is -2.33. The van der Waals surface area contributed by atoms with E-state index in [9.17, 15) is 13.2 Å². The maximum absolute atomic E-state index is 12.7. The van der Waals surface area contributed by atoms with Gasteiger partial charge in [-0.25, -0.2) is 13.2 Å². The van der Waals surface area contributed by atoms with E-state index in [-0.39, 0.29) is 16.7 Å². The molecule has 29 heavy (non-hydrogen) atoms. The van der Waals surface area contributed by atoms with E-state index in [1.165, 1.54) is 17.4 Å². The molecule has 2 rings (SSSR count). The zero-order chi connectivity index (χ0) is 21.8. The number of benzene rings is 2. The lowest BCUT2D eigenvalue weighted by atomic mass is 10.1. The van der Waals surface area contributed by atoms with Crippen molar-refractivity contribution in [2.75, 3.05) is 13.7 Å².